The predicted octanol–water partition coefficient (Wildman–Crippen LogP) is 11.6. The van der Waals surface area contributed by atoms with Crippen molar-refractivity contribution in [3.05, 3.63) is 24.3 Å². The molecular formula is C47H86N2O7. The summed E-state index contributed by atoms with van der Waals surface area (Å²) in [5, 5.41) is 22.6. The van der Waals surface area contributed by atoms with Crippen molar-refractivity contribution in [1.82, 2.24) is 10.6 Å². The molecule has 0 radical (unpaired) electrons. The van der Waals surface area contributed by atoms with Crippen LogP contribution in [0.2, 0.25) is 0 Å². The zero-order chi connectivity index (χ0) is 41.2. The second-order valence-corrected chi connectivity index (χ2v) is 15.8. The largest absolute Gasteiger partial charge is 0.480 e. The van der Waals surface area contributed by atoms with Gasteiger partial charge in [0.25, 0.3) is 0 Å². The average molecular weight is 791 g/mol. The van der Waals surface area contributed by atoms with Gasteiger partial charge in [-0.2, -0.15) is 0 Å². The highest BCUT2D eigenvalue weighted by Crippen LogP contribution is 2.18. The number of aliphatic hydroxyl groups is 1. The van der Waals surface area contributed by atoms with Crippen LogP contribution in [0.25, 0.3) is 0 Å². The SMILES string of the molecule is CCCCC/C=C\C/C=C\CCCC(CCCCCCCC(=O)NCC(=O)NC(CO)C(=O)O)OC(=O)CCCCCCCCCCCCCCCCCCC. The molecule has 2 unspecified atom stereocenters. The van der Waals surface area contributed by atoms with E-state index in [0.29, 0.717) is 12.8 Å². The third kappa shape index (κ3) is 38.2. The number of hydrogen-bond acceptors (Lipinski definition) is 6. The molecule has 0 rings (SSSR count). The van der Waals surface area contributed by atoms with Gasteiger partial charge in [-0.3, -0.25) is 14.4 Å². The molecule has 9 heteroatoms. The van der Waals surface area contributed by atoms with Gasteiger partial charge in [-0.15, -0.1) is 0 Å². The molecule has 326 valence electrons. The number of allylic oxidation sites excluding steroid dienone is 4. The number of carboxylic acids is 1. The summed E-state index contributed by atoms with van der Waals surface area (Å²) in [5.41, 5.74) is 0. The third-order valence-electron chi connectivity index (χ3n) is 10.5. The molecule has 0 aliphatic heterocycles. The molecule has 2 atom stereocenters. The first-order valence-electron chi connectivity index (χ1n) is 23.2. The van der Waals surface area contributed by atoms with E-state index in [-0.39, 0.29) is 30.9 Å². The Labute approximate surface area is 343 Å². The number of amides is 2. The zero-order valence-electron chi connectivity index (χ0n) is 36.1. The molecule has 0 aromatic rings. The Kier molecular flexibility index (Phi) is 39.9. The number of rotatable bonds is 42. The maximum atomic E-state index is 12.8. The van der Waals surface area contributed by atoms with Gasteiger partial charge in [0.1, 0.15) is 12.1 Å². The summed E-state index contributed by atoms with van der Waals surface area (Å²) in [6, 6.07) is -1.38. The van der Waals surface area contributed by atoms with Crippen LogP contribution in [-0.4, -0.2) is 59.3 Å². The maximum absolute atomic E-state index is 12.8. The van der Waals surface area contributed by atoms with Gasteiger partial charge < -0.3 is 25.6 Å². The van der Waals surface area contributed by atoms with Gasteiger partial charge in [-0.1, -0.05) is 173 Å². The van der Waals surface area contributed by atoms with E-state index in [4.69, 9.17) is 14.9 Å². The van der Waals surface area contributed by atoms with Crippen molar-refractivity contribution < 1.29 is 34.1 Å². The summed E-state index contributed by atoms with van der Waals surface area (Å²) in [6.07, 6.45) is 46.4. The summed E-state index contributed by atoms with van der Waals surface area (Å²) < 4.78 is 6.01. The van der Waals surface area contributed by atoms with Crippen LogP contribution in [0.5, 0.6) is 0 Å². The van der Waals surface area contributed by atoms with E-state index in [0.717, 1.165) is 77.0 Å². The molecule has 56 heavy (non-hydrogen) atoms. The summed E-state index contributed by atoms with van der Waals surface area (Å²) in [5.74, 6) is -2.31. The standard InChI is InChI=1S/C47H86N2O7/c1-3-5-7-9-11-13-15-16-17-18-19-20-22-24-26-31-35-39-46(53)56-42(36-32-28-25-23-21-14-12-10-8-6-4-2)37-33-29-27-30-34-38-44(51)48-40-45(52)49-43(41-50)47(54)55/h12,14,23,25,42-43,50H,3-11,13,15-22,24,26-41H2,1-2H3,(H,48,51)(H,49,52)(H,54,55)/b14-12-,25-23-. The fraction of sp³-hybridized carbons (Fsp3) is 0.830. The third-order valence-corrected chi connectivity index (χ3v) is 10.5. The van der Waals surface area contributed by atoms with E-state index < -0.39 is 24.5 Å². The van der Waals surface area contributed by atoms with Crippen molar-refractivity contribution in [2.75, 3.05) is 13.2 Å². The number of carboxylic acid groups (broad SMARTS) is 1. The molecule has 0 saturated carbocycles. The Balaban J connectivity index is 4.28. The van der Waals surface area contributed by atoms with Crippen LogP contribution in [-0.2, 0) is 23.9 Å². The lowest BCUT2D eigenvalue weighted by Gasteiger charge is -2.18. The Bertz CT molecular complexity index is 999. The molecule has 9 nitrogen and oxygen atoms in total. The number of aliphatic hydroxyl groups excluding tert-OH is 1. The molecule has 0 aliphatic carbocycles. The van der Waals surface area contributed by atoms with Gasteiger partial charge in [-0.05, 0) is 64.2 Å². The van der Waals surface area contributed by atoms with Gasteiger partial charge in [0, 0.05) is 12.8 Å². The quantitative estimate of drug-likeness (QED) is 0.0274. The lowest BCUT2D eigenvalue weighted by molar-refractivity contribution is -0.150. The van der Waals surface area contributed by atoms with Crippen molar-refractivity contribution in [1.29, 1.82) is 0 Å². The number of esters is 1. The minimum Gasteiger partial charge on any atom is -0.480 e. The van der Waals surface area contributed by atoms with Crippen LogP contribution in [0.4, 0.5) is 0 Å². The van der Waals surface area contributed by atoms with Gasteiger partial charge in [0.2, 0.25) is 11.8 Å². The minimum absolute atomic E-state index is 0.0522. The van der Waals surface area contributed by atoms with Crippen LogP contribution >= 0.6 is 0 Å². The number of carbonyl (C=O) groups excluding carboxylic acids is 3. The smallest absolute Gasteiger partial charge is 0.328 e. The molecule has 0 aromatic carbocycles. The van der Waals surface area contributed by atoms with Crippen LogP contribution in [0.1, 0.15) is 226 Å². The molecule has 0 bridgehead atoms. The Morgan fingerprint density at radius 3 is 1.50 bits per heavy atom. The summed E-state index contributed by atoms with van der Waals surface area (Å²) in [6.45, 7) is 3.46. The second kappa shape index (κ2) is 41.9. The predicted molar refractivity (Wildman–Crippen MR) is 232 cm³/mol. The number of hydrogen-bond donors (Lipinski definition) is 4. The van der Waals surface area contributed by atoms with Crippen LogP contribution in [0, 0.1) is 0 Å². The fourth-order valence-electron chi connectivity index (χ4n) is 6.87. The highest BCUT2D eigenvalue weighted by Gasteiger charge is 2.19. The van der Waals surface area contributed by atoms with E-state index in [1.807, 2.05) is 0 Å². The van der Waals surface area contributed by atoms with Crippen molar-refractivity contribution >= 4 is 23.8 Å². The average Bonchev–Trinajstić information content (AvgIpc) is 3.18. The topological polar surface area (TPSA) is 142 Å². The monoisotopic (exact) mass is 791 g/mol. The maximum Gasteiger partial charge on any atom is 0.328 e. The molecule has 0 spiro atoms. The Morgan fingerprint density at radius 2 is 0.982 bits per heavy atom. The Hall–Kier alpha value is -2.68. The van der Waals surface area contributed by atoms with E-state index in [1.165, 1.54) is 116 Å². The molecule has 0 aliphatic rings. The molecule has 0 fully saturated rings. The van der Waals surface area contributed by atoms with Crippen molar-refractivity contribution in [2.45, 2.75) is 238 Å². The second-order valence-electron chi connectivity index (χ2n) is 15.8. The lowest BCUT2D eigenvalue weighted by atomic mass is 10.0. The molecule has 2 amide bonds. The first kappa shape index (κ1) is 53.3. The molecule has 4 N–H and O–H groups in total. The first-order chi connectivity index (χ1) is 27.3. The van der Waals surface area contributed by atoms with E-state index in [1.54, 1.807) is 0 Å². The highest BCUT2D eigenvalue weighted by molar-refractivity contribution is 5.87. The minimum atomic E-state index is -1.38. The number of aliphatic carboxylic acids is 1. The van der Waals surface area contributed by atoms with Crippen LogP contribution < -0.4 is 10.6 Å². The zero-order valence-corrected chi connectivity index (χ0v) is 36.1. The molecular weight excluding hydrogens is 705 g/mol. The summed E-state index contributed by atoms with van der Waals surface area (Å²) in [7, 11) is 0. The molecule has 0 aromatic heterocycles. The van der Waals surface area contributed by atoms with Gasteiger partial charge >= 0.3 is 11.9 Å². The van der Waals surface area contributed by atoms with Crippen molar-refractivity contribution in [2.24, 2.45) is 0 Å². The fourth-order valence-corrected chi connectivity index (χ4v) is 6.87. The normalized spacial score (nSPS) is 12.6. The first-order valence-corrected chi connectivity index (χ1v) is 23.2. The van der Waals surface area contributed by atoms with Crippen LogP contribution in [0.3, 0.4) is 0 Å². The molecule has 0 saturated heterocycles. The van der Waals surface area contributed by atoms with Crippen LogP contribution in [0.15, 0.2) is 24.3 Å². The summed E-state index contributed by atoms with van der Waals surface area (Å²) in [4.78, 5) is 47.6. The van der Waals surface area contributed by atoms with E-state index in [2.05, 4.69) is 48.8 Å². The van der Waals surface area contributed by atoms with E-state index in [9.17, 15) is 19.2 Å². The van der Waals surface area contributed by atoms with E-state index >= 15 is 0 Å². The number of unbranched alkanes of at least 4 members (excludes halogenated alkanes) is 24. The van der Waals surface area contributed by atoms with Crippen molar-refractivity contribution in [3.63, 3.8) is 0 Å². The summed E-state index contributed by atoms with van der Waals surface area (Å²) >= 11 is 0. The molecule has 0 heterocycles. The van der Waals surface area contributed by atoms with Crippen molar-refractivity contribution in [3.8, 4) is 0 Å². The Morgan fingerprint density at radius 1 is 0.536 bits per heavy atom. The lowest BCUT2D eigenvalue weighted by Crippen LogP contribution is -2.47. The number of ether oxygens (including phenoxy) is 1. The van der Waals surface area contributed by atoms with Gasteiger partial charge in [0.15, 0.2) is 0 Å². The highest BCUT2D eigenvalue weighted by atomic mass is 16.5. The van der Waals surface area contributed by atoms with Gasteiger partial charge in [-0.25, -0.2) is 4.79 Å². The van der Waals surface area contributed by atoms with Gasteiger partial charge in [0.05, 0.1) is 13.2 Å². The number of carbonyl (C=O) groups is 4. The number of nitrogens with one attached hydrogen (secondary N) is 2.